The molecule has 2 N–H and O–H groups in total. The Hall–Kier alpha value is -0.510. The van der Waals surface area contributed by atoms with Crippen molar-refractivity contribution < 1.29 is 0 Å². The third kappa shape index (κ3) is 3.23. The molecule has 1 aliphatic heterocycles. The summed E-state index contributed by atoms with van der Waals surface area (Å²) in [6, 6.07) is 4.00. The topological polar surface area (TPSA) is 42.1 Å². The Labute approximate surface area is 103 Å². The van der Waals surface area contributed by atoms with E-state index in [2.05, 4.69) is 16.0 Å². The van der Waals surface area contributed by atoms with Crippen molar-refractivity contribution in [2.75, 3.05) is 18.0 Å². The minimum Gasteiger partial charge on any atom is -0.356 e. The van der Waals surface area contributed by atoms with Gasteiger partial charge in [-0.1, -0.05) is 6.07 Å². The molecule has 0 aliphatic carbocycles. The molecule has 0 aromatic carbocycles. The van der Waals surface area contributed by atoms with Crippen LogP contribution in [0.3, 0.4) is 0 Å². The van der Waals surface area contributed by atoms with Gasteiger partial charge in [-0.2, -0.15) is 0 Å². The van der Waals surface area contributed by atoms with Gasteiger partial charge in [0, 0.05) is 31.4 Å². The first-order valence-corrected chi connectivity index (χ1v) is 4.81. The molecular formula is C10H17Cl2N3. The monoisotopic (exact) mass is 249 g/mol. The normalized spacial score (nSPS) is 14.3. The maximum atomic E-state index is 5.65. The van der Waals surface area contributed by atoms with E-state index in [0.717, 1.165) is 24.5 Å². The molecule has 0 amide bonds. The van der Waals surface area contributed by atoms with Crippen LogP contribution in [0.1, 0.15) is 18.4 Å². The van der Waals surface area contributed by atoms with Gasteiger partial charge in [0.2, 0.25) is 0 Å². The smallest absolute Gasteiger partial charge is 0.132 e. The van der Waals surface area contributed by atoms with E-state index in [1.807, 2.05) is 12.3 Å². The lowest BCUT2D eigenvalue weighted by Crippen LogP contribution is -2.21. The highest BCUT2D eigenvalue weighted by atomic mass is 35.5. The second kappa shape index (κ2) is 6.88. The van der Waals surface area contributed by atoms with Crippen LogP contribution in [0.25, 0.3) is 0 Å². The van der Waals surface area contributed by atoms with E-state index in [4.69, 9.17) is 5.73 Å². The van der Waals surface area contributed by atoms with Gasteiger partial charge in [-0.05, 0) is 18.9 Å². The summed E-state index contributed by atoms with van der Waals surface area (Å²) in [6.07, 6.45) is 4.40. The molecule has 1 aromatic heterocycles. The standard InChI is InChI=1S/C10H15N3.2ClH/c11-8-9-4-3-5-12-10(9)13-6-1-2-7-13;;/h3-5H,1-2,6-8,11H2;2*1H. The Morgan fingerprint density at radius 3 is 2.53 bits per heavy atom. The van der Waals surface area contributed by atoms with Crippen LogP contribution >= 0.6 is 24.8 Å². The summed E-state index contributed by atoms with van der Waals surface area (Å²) >= 11 is 0. The van der Waals surface area contributed by atoms with Gasteiger partial charge in [0.1, 0.15) is 5.82 Å². The van der Waals surface area contributed by atoms with Crippen molar-refractivity contribution in [2.24, 2.45) is 5.73 Å². The predicted molar refractivity (Wildman–Crippen MR) is 68.1 cm³/mol. The summed E-state index contributed by atoms with van der Waals surface area (Å²) in [5.74, 6) is 1.09. The summed E-state index contributed by atoms with van der Waals surface area (Å²) in [6.45, 7) is 2.84. The van der Waals surface area contributed by atoms with Gasteiger partial charge in [-0.15, -0.1) is 24.8 Å². The van der Waals surface area contributed by atoms with Gasteiger partial charge in [0.25, 0.3) is 0 Å². The number of anilines is 1. The predicted octanol–water partition coefficient (Wildman–Crippen LogP) is 1.98. The second-order valence-corrected chi connectivity index (χ2v) is 3.38. The summed E-state index contributed by atoms with van der Waals surface area (Å²) in [5, 5.41) is 0. The zero-order valence-corrected chi connectivity index (χ0v) is 10.2. The molecule has 1 aliphatic rings. The first-order chi connectivity index (χ1) is 6.42. The zero-order chi connectivity index (χ0) is 9.10. The minimum atomic E-state index is 0. The first kappa shape index (κ1) is 14.5. The van der Waals surface area contributed by atoms with Gasteiger partial charge in [-0.3, -0.25) is 0 Å². The highest BCUT2D eigenvalue weighted by Crippen LogP contribution is 2.20. The fourth-order valence-electron chi connectivity index (χ4n) is 1.80. The third-order valence-corrected chi connectivity index (χ3v) is 2.49. The minimum absolute atomic E-state index is 0. The van der Waals surface area contributed by atoms with Crippen LogP contribution in [0.2, 0.25) is 0 Å². The van der Waals surface area contributed by atoms with Crippen molar-refractivity contribution >= 4 is 30.6 Å². The Balaban J connectivity index is 0.000000980. The van der Waals surface area contributed by atoms with E-state index in [-0.39, 0.29) is 24.8 Å². The van der Waals surface area contributed by atoms with Crippen molar-refractivity contribution in [3.05, 3.63) is 23.9 Å². The molecule has 2 heterocycles. The van der Waals surface area contributed by atoms with E-state index in [0.29, 0.717) is 6.54 Å². The van der Waals surface area contributed by atoms with Crippen molar-refractivity contribution in [3.63, 3.8) is 0 Å². The van der Waals surface area contributed by atoms with Gasteiger partial charge >= 0.3 is 0 Å². The quantitative estimate of drug-likeness (QED) is 0.872. The maximum absolute atomic E-state index is 5.65. The van der Waals surface area contributed by atoms with Gasteiger partial charge < -0.3 is 10.6 Å². The van der Waals surface area contributed by atoms with E-state index in [1.54, 1.807) is 0 Å². The molecule has 15 heavy (non-hydrogen) atoms. The van der Waals surface area contributed by atoms with Gasteiger partial charge in [0.15, 0.2) is 0 Å². The van der Waals surface area contributed by atoms with E-state index >= 15 is 0 Å². The van der Waals surface area contributed by atoms with Crippen molar-refractivity contribution in [3.8, 4) is 0 Å². The maximum Gasteiger partial charge on any atom is 0.132 e. The molecule has 0 saturated carbocycles. The molecule has 3 nitrogen and oxygen atoms in total. The molecule has 0 spiro atoms. The highest BCUT2D eigenvalue weighted by molar-refractivity contribution is 5.85. The molecule has 0 bridgehead atoms. The van der Waals surface area contributed by atoms with Crippen molar-refractivity contribution in [1.82, 2.24) is 4.98 Å². The summed E-state index contributed by atoms with van der Waals surface area (Å²) in [4.78, 5) is 6.70. The van der Waals surface area contributed by atoms with Crippen LogP contribution in [-0.2, 0) is 6.54 Å². The molecule has 1 saturated heterocycles. The summed E-state index contributed by atoms with van der Waals surface area (Å²) in [5.41, 5.74) is 6.81. The van der Waals surface area contributed by atoms with E-state index < -0.39 is 0 Å². The lowest BCUT2D eigenvalue weighted by molar-refractivity contribution is 0.907. The van der Waals surface area contributed by atoms with Crippen LogP contribution in [0, 0.1) is 0 Å². The Morgan fingerprint density at radius 2 is 1.93 bits per heavy atom. The number of hydrogen-bond donors (Lipinski definition) is 1. The molecule has 2 rings (SSSR count). The molecule has 1 aromatic rings. The molecule has 5 heteroatoms. The Morgan fingerprint density at radius 1 is 1.27 bits per heavy atom. The highest BCUT2D eigenvalue weighted by Gasteiger charge is 2.15. The first-order valence-electron chi connectivity index (χ1n) is 4.81. The largest absolute Gasteiger partial charge is 0.356 e. The lowest BCUT2D eigenvalue weighted by Gasteiger charge is -2.18. The summed E-state index contributed by atoms with van der Waals surface area (Å²) in [7, 11) is 0. The number of aromatic nitrogens is 1. The average molecular weight is 250 g/mol. The number of pyridine rings is 1. The molecule has 0 atom stereocenters. The molecule has 0 radical (unpaired) electrons. The molecule has 1 fully saturated rings. The van der Waals surface area contributed by atoms with E-state index in [9.17, 15) is 0 Å². The average Bonchev–Trinajstić information content (AvgIpc) is 2.70. The van der Waals surface area contributed by atoms with E-state index in [1.165, 1.54) is 12.8 Å². The number of hydrogen-bond acceptors (Lipinski definition) is 3. The number of nitrogens with zero attached hydrogens (tertiary/aromatic N) is 2. The third-order valence-electron chi connectivity index (χ3n) is 2.49. The molecular weight excluding hydrogens is 233 g/mol. The van der Waals surface area contributed by atoms with Crippen LogP contribution in [0.15, 0.2) is 18.3 Å². The van der Waals surface area contributed by atoms with Crippen LogP contribution in [0.5, 0.6) is 0 Å². The zero-order valence-electron chi connectivity index (χ0n) is 8.56. The lowest BCUT2D eigenvalue weighted by atomic mass is 10.2. The number of rotatable bonds is 2. The van der Waals surface area contributed by atoms with Crippen LogP contribution < -0.4 is 10.6 Å². The van der Waals surface area contributed by atoms with Crippen molar-refractivity contribution in [1.29, 1.82) is 0 Å². The van der Waals surface area contributed by atoms with Crippen LogP contribution in [0.4, 0.5) is 5.82 Å². The molecule has 86 valence electrons. The van der Waals surface area contributed by atoms with Gasteiger partial charge in [-0.25, -0.2) is 4.98 Å². The van der Waals surface area contributed by atoms with Gasteiger partial charge in [0.05, 0.1) is 0 Å². The number of nitrogens with two attached hydrogens (primary N) is 1. The fraction of sp³-hybridized carbons (Fsp3) is 0.500. The number of halogens is 2. The van der Waals surface area contributed by atoms with Crippen LogP contribution in [-0.4, -0.2) is 18.1 Å². The Bertz CT molecular complexity index is 288. The second-order valence-electron chi connectivity index (χ2n) is 3.38. The fourth-order valence-corrected chi connectivity index (χ4v) is 1.80. The summed E-state index contributed by atoms with van der Waals surface area (Å²) < 4.78 is 0. The SMILES string of the molecule is Cl.Cl.NCc1cccnc1N1CCCC1. The molecule has 0 unspecified atom stereocenters. The Kier molecular flexibility index (Phi) is 6.65. The van der Waals surface area contributed by atoms with Crippen molar-refractivity contribution in [2.45, 2.75) is 19.4 Å².